The SMILES string of the molecule is [2H]C([2H])([2H])c1cccc(C([2H])([2H])[2H])c1-c1ccc2c(c1)n(-c1cccc(Oc3ccc4c5ccccc5n(-c5cc(C(C)(C)C)ccn5)c4c3)c1)[c-][n+]2-c1c(-c2cccc(C(C)(C)C)c2)cc(C(C)(C)C)cc1-c1cc(C(C)(C)C)cc(C(C)(C)C)c1. The number of pyridine rings is 1. The third kappa shape index (κ3) is 10.5. The van der Waals surface area contributed by atoms with E-state index >= 15 is 0 Å². The lowest BCUT2D eigenvalue weighted by molar-refractivity contribution is -0.571. The number of aryl methyl sites for hydroxylation is 2. The van der Waals surface area contributed by atoms with E-state index in [4.69, 9.17) is 17.9 Å². The highest BCUT2D eigenvalue weighted by Crippen LogP contribution is 2.44. The van der Waals surface area contributed by atoms with Crippen LogP contribution >= 0.6 is 0 Å². The van der Waals surface area contributed by atoms with Crippen molar-refractivity contribution >= 4 is 32.8 Å². The molecule has 0 saturated heterocycles. The summed E-state index contributed by atoms with van der Waals surface area (Å²) in [6.07, 6.45) is 5.80. The predicted molar refractivity (Wildman–Crippen MR) is 342 cm³/mol. The van der Waals surface area contributed by atoms with Crippen molar-refractivity contribution in [2.45, 2.75) is 145 Å². The normalized spacial score (nSPS) is 14.2. The second kappa shape index (κ2) is 19.9. The van der Waals surface area contributed by atoms with Gasteiger partial charge < -0.3 is 4.74 Å². The van der Waals surface area contributed by atoms with Gasteiger partial charge in [-0.1, -0.05) is 213 Å². The van der Waals surface area contributed by atoms with Crippen molar-refractivity contribution in [1.29, 1.82) is 0 Å². The summed E-state index contributed by atoms with van der Waals surface area (Å²) in [5.74, 6) is 2.02. The molecule has 5 heteroatoms. The first kappa shape index (κ1) is 47.8. The number of imidazole rings is 1. The van der Waals surface area contributed by atoms with Crippen LogP contribution in [0.25, 0.3) is 83.4 Å². The van der Waals surface area contributed by atoms with Crippen LogP contribution in [-0.4, -0.2) is 14.1 Å². The molecule has 410 valence electrons. The van der Waals surface area contributed by atoms with Crippen LogP contribution in [0.2, 0.25) is 0 Å². The van der Waals surface area contributed by atoms with Crippen LogP contribution < -0.4 is 9.30 Å². The third-order valence-corrected chi connectivity index (χ3v) is 16.0. The monoisotopic (exact) mass is 1070 g/mol. The van der Waals surface area contributed by atoms with Crippen LogP contribution in [0.15, 0.2) is 176 Å². The Morgan fingerprint density at radius 1 is 0.444 bits per heavy atom. The molecule has 8 aromatic carbocycles. The Bertz CT molecular complexity index is 4420. The van der Waals surface area contributed by atoms with E-state index in [9.17, 15) is 0 Å². The molecule has 0 unspecified atom stereocenters. The third-order valence-electron chi connectivity index (χ3n) is 16.0. The summed E-state index contributed by atoms with van der Waals surface area (Å²) in [6, 6.07) is 57.7. The molecule has 11 rings (SSSR count). The van der Waals surface area contributed by atoms with Gasteiger partial charge in [0.15, 0.2) is 0 Å². The van der Waals surface area contributed by atoms with Gasteiger partial charge in [-0.3, -0.25) is 13.7 Å². The molecule has 11 aromatic rings. The predicted octanol–water partition coefficient (Wildman–Crippen LogP) is 20.1. The summed E-state index contributed by atoms with van der Waals surface area (Å²) in [5.41, 5.74) is 14.8. The Morgan fingerprint density at radius 3 is 1.69 bits per heavy atom. The Kier molecular flexibility index (Phi) is 11.7. The van der Waals surface area contributed by atoms with Crippen molar-refractivity contribution in [1.82, 2.24) is 14.1 Å². The summed E-state index contributed by atoms with van der Waals surface area (Å²) in [6.45, 7) is 28.5. The van der Waals surface area contributed by atoms with Crippen molar-refractivity contribution in [3.63, 3.8) is 0 Å². The fourth-order valence-corrected chi connectivity index (χ4v) is 11.1. The number of para-hydroxylation sites is 1. The molecule has 5 nitrogen and oxygen atoms in total. The summed E-state index contributed by atoms with van der Waals surface area (Å²) < 4.78 is 65.8. The van der Waals surface area contributed by atoms with Gasteiger partial charge in [-0.15, -0.1) is 0 Å². The average Bonchev–Trinajstić information content (AvgIpc) is 1.71. The summed E-state index contributed by atoms with van der Waals surface area (Å²) in [4.78, 5) is 4.92. The molecule has 0 amide bonds. The van der Waals surface area contributed by atoms with Gasteiger partial charge in [-0.2, -0.15) is 0 Å². The number of benzene rings is 8. The Morgan fingerprint density at radius 2 is 1.02 bits per heavy atom. The molecule has 3 heterocycles. The Labute approximate surface area is 490 Å². The van der Waals surface area contributed by atoms with E-state index < -0.39 is 13.7 Å². The van der Waals surface area contributed by atoms with Gasteiger partial charge in [0.25, 0.3) is 6.33 Å². The highest BCUT2D eigenvalue weighted by atomic mass is 16.5. The largest absolute Gasteiger partial charge is 0.458 e. The first-order valence-electron chi connectivity index (χ1n) is 31.4. The maximum Gasteiger partial charge on any atom is 0.269 e. The highest BCUT2D eigenvalue weighted by molar-refractivity contribution is 6.09. The van der Waals surface area contributed by atoms with Crippen LogP contribution in [0.3, 0.4) is 0 Å². The zero-order chi connectivity index (χ0) is 62.7. The first-order chi connectivity index (χ1) is 40.5. The highest BCUT2D eigenvalue weighted by Gasteiger charge is 2.29. The molecule has 0 saturated carbocycles. The van der Waals surface area contributed by atoms with E-state index in [0.29, 0.717) is 28.3 Å². The number of nitrogens with zero attached hydrogens (tertiary/aromatic N) is 4. The van der Waals surface area contributed by atoms with E-state index in [2.05, 4.69) is 222 Å². The van der Waals surface area contributed by atoms with Gasteiger partial charge in [-0.05, 0) is 168 Å². The summed E-state index contributed by atoms with van der Waals surface area (Å²) >= 11 is 0. The van der Waals surface area contributed by atoms with Crippen molar-refractivity contribution in [2.75, 3.05) is 0 Å². The number of rotatable bonds is 8. The minimum absolute atomic E-state index is 0.0380. The van der Waals surface area contributed by atoms with Gasteiger partial charge in [0.2, 0.25) is 0 Å². The Hall–Kier alpha value is -8.02. The summed E-state index contributed by atoms with van der Waals surface area (Å²) in [7, 11) is 0. The van der Waals surface area contributed by atoms with Crippen LogP contribution in [0.1, 0.15) is 151 Å². The molecule has 0 N–H and O–H groups in total. The van der Waals surface area contributed by atoms with Gasteiger partial charge in [0, 0.05) is 31.3 Å². The molecular formula is C76H80N4O. The molecule has 0 fully saturated rings. The first-order valence-corrected chi connectivity index (χ1v) is 28.4. The standard InChI is InChI=1S/C76H80N4O/c1-48-23-20-24-49(2)70(48)51-31-34-66-68(40-51)78(58-27-22-28-59(45-58)81-60-32-33-62-61-29-18-19-30-65(61)80(67(62)46-60)69-44-54(35-36-77-69)73(6,7)8)47-79(66)71-63(50-25-21-26-53(37-50)72(3,4)5)42-57(76(15,16)17)43-64(71)52-38-55(74(9,10)11)41-56(39-52)75(12,13)14/h18-46H,1-17H3/i1D3,2D3. The van der Waals surface area contributed by atoms with Crippen LogP contribution in [0, 0.1) is 20.0 Å². The smallest absolute Gasteiger partial charge is 0.269 e. The van der Waals surface area contributed by atoms with E-state index in [0.717, 1.165) is 61.1 Å². The van der Waals surface area contributed by atoms with E-state index in [-0.39, 0.29) is 43.8 Å². The van der Waals surface area contributed by atoms with E-state index in [1.165, 1.54) is 46.0 Å². The number of hydrogen-bond acceptors (Lipinski definition) is 2. The van der Waals surface area contributed by atoms with Crippen LogP contribution in [-0.2, 0) is 27.1 Å². The van der Waals surface area contributed by atoms with Gasteiger partial charge >= 0.3 is 0 Å². The number of hydrogen-bond donors (Lipinski definition) is 0. The molecule has 0 aliphatic carbocycles. The lowest BCUT2D eigenvalue weighted by Gasteiger charge is -2.29. The average molecular weight is 1070 g/mol. The minimum Gasteiger partial charge on any atom is -0.458 e. The molecule has 0 radical (unpaired) electrons. The molecule has 3 aromatic heterocycles. The molecule has 0 spiro atoms. The quantitative estimate of drug-likeness (QED) is 0.112. The topological polar surface area (TPSA) is 35.9 Å². The van der Waals surface area contributed by atoms with E-state index in [1.807, 2.05) is 59.3 Å². The van der Waals surface area contributed by atoms with Crippen molar-refractivity contribution in [2.24, 2.45) is 0 Å². The van der Waals surface area contributed by atoms with Crippen molar-refractivity contribution in [3.8, 4) is 62.1 Å². The maximum atomic E-state index is 8.74. The minimum atomic E-state index is -2.62. The summed E-state index contributed by atoms with van der Waals surface area (Å²) in [5, 5.41) is 2.18. The molecule has 0 atom stereocenters. The fourth-order valence-electron chi connectivity index (χ4n) is 11.1. The molecule has 0 aliphatic heterocycles. The van der Waals surface area contributed by atoms with Crippen molar-refractivity contribution in [3.05, 3.63) is 221 Å². The molecule has 81 heavy (non-hydrogen) atoms. The Balaban J connectivity index is 1.20. The lowest BCUT2D eigenvalue weighted by atomic mass is 9.77. The second-order valence-corrected chi connectivity index (χ2v) is 27.3. The number of fused-ring (bicyclic) bond motifs is 4. The van der Waals surface area contributed by atoms with Crippen LogP contribution in [0.4, 0.5) is 0 Å². The lowest BCUT2D eigenvalue weighted by Crippen LogP contribution is -2.32. The zero-order valence-corrected chi connectivity index (χ0v) is 49.9. The van der Waals surface area contributed by atoms with Crippen LogP contribution in [0.5, 0.6) is 11.5 Å². The number of aromatic nitrogens is 4. The molecule has 0 aliphatic rings. The zero-order valence-electron chi connectivity index (χ0n) is 55.9. The molecule has 0 bridgehead atoms. The van der Waals surface area contributed by atoms with Gasteiger partial charge in [0.05, 0.1) is 33.4 Å². The van der Waals surface area contributed by atoms with Crippen molar-refractivity contribution < 1.29 is 17.5 Å². The van der Waals surface area contributed by atoms with Gasteiger partial charge in [-0.25, -0.2) is 4.98 Å². The van der Waals surface area contributed by atoms with Gasteiger partial charge in [0.1, 0.15) is 17.3 Å². The van der Waals surface area contributed by atoms with E-state index in [1.54, 1.807) is 0 Å². The molecular weight excluding hydrogens is 985 g/mol. The fraction of sp³-hybridized carbons (Fsp3) is 0.289. The second-order valence-electron chi connectivity index (χ2n) is 27.3. The number of ether oxygens (including phenoxy) is 1. The maximum absolute atomic E-state index is 8.74.